The lowest BCUT2D eigenvalue weighted by atomic mass is 10.1. The maximum Gasteiger partial charge on any atom is 0.243 e. The second kappa shape index (κ2) is 5.79. The van der Waals surface area contributed by atoms with Gasteiger partial charge in [-0.3, -0.25) is 0 Å². The van der Waals surface area contributed by atoms with Crippen molar-refractivity contribution in [2.45, 2.75) is 24.8 Å². The summed E-state index contributed by atoms with van der Waals surface area (Å²) in [5.74, 6) is 0.690. The highest BCUT2D eigenvalue weighted by atomic mass is 32.2. The summed E-state index contributed by atoms with van der Waals surface area (Å²) in [4.78, 5) is 1.62. The van der Waals surface area contributed by atoms with E-state index in [2.05, 4.69) is 0 Å². The largest absolute Gasteiger partial charge is 0.494 e. The van der Waals surface area contributed by atoms with E-state index in [9.17, 15) is 8.42 Å². The van der Waals surface area contributed by atoms with Gasteiger partial charge < -0.3 is 4.74 Å². The van der Waals surface area contributed by atoms with Gasteiger partial charge in [0.2, 0.25) is 10.0 Å². The third-order valence-corrected chi connectivity index (χ3v) is 6.43. The van der Waals surface area contributed by atoms with E-state index in [0.717, 1.165) is 12.0 Å². The van der Waals surface area contributed by atoms with Gasteiger partial charge in [0.1, 0.15) is 5.75 Å². The SMILES string of the molecule is CCOc1ccc(S(=O)(=O)N2CCc3sccc3C2)cc1. The van der Waals surface area contributed by atoms with Crippen LogP contribution in [0.25, 0.3) is 0 Å². The Morgan fingerprint density at radius 2 is 2.00 bits per heavy atom. The molecular weight excluding hydrogens is 306 g/mol. The first kappa shape index (κ1) is 14.6. The fraction of sp³-hybridized carbons (Fsp3) is 0.333. The third-order valence-electron chi connectivity index (χ3n) is 3.55. The van der Waals surface area contributed by atoms with Gasteiger partial charge in [-0.25, -0.2) is 8.42 Å². The standard InChI is InChI=1S/C15H17NO3S2/c1-2-19-13-3-5-14(6-4-13)21(17,18)16-9-7-15-12(11-16)8-10-20-15/h3-6,8,10H,2,7,9,11H2,1H3. The summed E-state index contributed by atoms with van der Waals surface area (Å²) in [5, 5.41) is 2.03. The molecule has 0 N–H and O–H groups in total. The third kappa shape index (κ3) is 2.84. The number of sulfonamides is 1. The van der Waals surface area contributed by atoms with Crippen molar-refractivity contribution in [1.82, 2.24) is 4.31 Å². The van der Waals surface area contributed by atoms with Crippen LogP contribution in [0, 0.1) is 0 Å². The number of hydrogen-bond acceptors (Lipinski definition) is 4. The zero-order valence-corrected chi connectivity index (χ0v) is 13.4. The fourth-order valence-corrected chi connectivity index (χ4v) is 4.76. The molecule has 21 heavy (non-hydrogen) atoms. The van der Waals surface area contributed by atoms with Gasteiger partial charge in [-0.05, 0) is 54.6 Å². The number of thiophene rings is 1. The highest BCUT2D eigenvalue weighted by molar-refractivity contribution is 7.89. The number of hydrogen-bond donors (Lipinski definition) is 0. The van der Waals surface area contributed by atoms with Crippen LogP contribution in [0.1, 0.15) is 17.4 Å². The van der Waals surface area contributed by atoms with E-state index in [1.165, 1.54) is 4.88 Å². The normalized spacial score (nSPS) is 15.7. The molecule has 0 atom stereocenters. The molecule has 0 saturated carbocycles. The van der Waals surface area contributed by atoms with Gasteiger partial charge >= 0.3 is 0 Å². The molecule has 1 aliphatic rings. The highest BCUT2D eigenvalue weighted by Crippen LogP contribution is 2.28. The summed E-state index contributed by atoms with van der Waals surface area (Å²) in [6.07, 6.45) is 0.795. The zero-order valence-electron chi connectivity index (χ0n) is 11.8. The van der Waals surface area contributed by atoms with Gasteiger partial charge in [-0.2, -0.15) is 4.31 Å². The highest BCUT2D eigenvalue weighted by Gasteiger charge is 2.28. The molecule has 3 rings (SSSR count). The Hall–Kier alpha value is -1.37. The lowest BCUT2D eigenvalue weighted by Gasteiger charge is -2.26. The van der Waals surface area contributed by atoms with Crippen molar-refractivity contribution < 1.29 is 13.2 Å². The molecule has 1 aliphatic heterocycles. The Morgan fingerprint density at radius 1 is 1.24 bits per heavy atom. The summed E-state index contributed by atoms with van der Waals surface area (Å²) in [7, 11) is -3.43. The molecule has 0 bridgehead atoms. The molecule has 1 aromatic carbocycles. The summed E-state index contributed by atoms with van der Waals surface area (Å²) in [5.41, 5.74) is 1.13. The zero-order chi connectivity index (χ0) is 14.9. The van der Waals surface area contributed by atoms with Crippen LogP contribution in [0.3, 0.4) is 0 Å². The van der Waals surface area contributed by atoms with E-state index < -0.39 is 10.0 Å². The van der Waals surface area contributed by atoms with Gasteiger partial charge in [0.25, 0.3) is 0 Å². The predicted molar refractivity (Wildman–Crippen MR) is 83.2 cm³/mol. The van der Waals surface area contributed by atoms with Gasteiger partial charge in [-0.15, -0.1) is 11.3 Å². The van der Waals surface area contributed by atoms with E-state index in [-0.39, 0.29) is 0 Å². The molecule has 0 spiro atoms. The van der Waals surface area contributed by atoms with Crippen molar-refractivity contribution in [3.05, 3.63) is 46.2 Å². The number of nitrogens with zero attached hydrogens (tertiary/aromatic N) is 1. The van der Waals surface area contributed by atoms with Crippen LogP contribution in [0.5, 0.6) is 5.75 Å². The minimum Gasteiger partial charge on any atom is -0.494 e. The molecule has 1 aromatic heterocycles. The quantitative estimate of drug-likeness (QED) is 0.869. The molecule has 112 valence electrons. The Balaban J connectivity index is 1.84. The molecule has 2 aromatic rings. The first-order valence-corrected chi connectivity index (χ1v) is 9.21. The van der Waals surface area contributed by atoms with Crippen LogP contribution in [-0.4, -0.2) is 25.9 Å². The van der Waals surface area contributed by atoms with Gasteiger partial charge in [-0.1, -0.05) is 0 Å². The van der Waals surface area contributed by atoms with Crippen LogP contribution in [0.2, 0.25) is 0 Å². The van der Waals surface area contributed by atoms with Crippen LogP contribution in [-0.2, 0) is 23.0 Å². The Kier molecular flexibility index (Phi) is 4.01. The van der Waals surface area contributed by atoms with E-state index in [0.29, 0.717) is 30.3 Å². The van der Waals surface area contributed by atoms with Crippen LogP contribution < -0.4 is 4.74 Å². The molecule has 2 heterocycles. The maximum absolute atomic E-state index is 12.7. The predicted octanol–water partition coefficient (Wildman–Crippen LogP) is 2.89. The molecule has 0 aliphatic carbocycles. The monoisotopic (exact) mass is 323 g/mol. The van der Waals surface area contributed by atoms with E-state index in [1.807, 2.05) is 18.4 Å². The van der Waals surface area contributed by atoms with Crippen molar-refractivity contribution >= 4 is 21.4 Å². The number of ether oxygens (including phenoxy) is 1. The van der Waals surface area contributed by atoms with Gasteiger partial charge in [0.15, 0.2) is 0 Å². The number of rotatable bonds is 4. The Morgan fingerprint density at radius 3 is 2.71 bits per heavy atom. The summed E-state index contributed by atoms with van der Waals surface area (Å²) >= 11 is 1.70. The van der Waals surface area contributed by atoms with Crippen LogP contribution in [0.4, 0.5) is 0 Å². The first-order chi connectivity index (χ1) is 10.1. The van der Waals surface area contributed by atoms with E-state index >= 15 is 0 Å². The Bertz CT molecular complexity index is 720. The lowest BCUT2D eigenvalue weighted by molar-refractivity contribution is 0.340. The average molecular weight is 323 g/mol. The topological polar surface area (TPSA) is 46.6 Å². The van der Waals surface area contributed by atoms with Crippen LogP contribution in [0.15, 0.2) is 40.6 Å². The number of benzene rings is 1. The molecule has 0 fully saturated rings. The van der Waals surface area contributed by atoms with Crippen LogP contribution >= 0.6 is 11.3 Å². The maximum atomic E-state index is 12.7. The smallest absolute Gasteiger partial charge is 0.243 e. The molecule has 0 radical (unpaired) electrons. The minimum atomic E-state index is -3.43. The molecule has 4 nitrogen and oxygen atoms in total. The van der Waals surface area contributed by atoms with Gasteiger partial charge in [0, 0.05) is 18.0 Å². The summed E-state index contributed by atoms with van der Waals surface area (Å²) < 4.78 is 32.3. The second-order valence-corrected chi connectivity index (χ2v) is 7.80. The average Bonchev–Trinajstić information content (AvgIpc) is 2.95. The van der Waals surface area contributed by atoms with E-state index in [1.54, 1.807) is 39.9 Å². The van der Waals surface area contributed by atoms with Crippen molar-refractivity contribution in [2.75, 3.05) is 13.2 Å². The molecular formula is C15H17NO3S2. The lowest BCUT2D eigenvalue weighted by Crippen LogP contribution is -2.35. The van der Waals surface area contributed by atoms with Crippen molar-refractivity contribution in [3.63, 3.8) is 0 Å². The fourth-order valence-electron chi connectivity index (χ4n) is 2.45. The molecule has 0 unspecified atom stereocenters. The van der Waals surface area contributed by atoms with Crippen molar-refractivity contribution in [2.24, 2.45) is 0 Å². The van der Waals surface area contributed by atoms with Crippen molar-refractivity contribution in [3.8, 4) is 5.75 Å². The first-order valence-electron chi connectivity index (χ1n) is 6.89. The summed E-state index contributed by atoms with van der Waals surface area (Å²) in [6.45, 7) is 3.48. The minimum absolute atomic E-state index is 0.324. The molecule has 6 heteroatoms. The van der Waals surface area contributed by atoms with Crippen molar-refractivity contribution in [1.29, 1.82) is 0 Å². The molecule has 0 saturated heterocycles. The number of fused-ring (bicyclic) bond motifs is 1. The molecule has 0 amide bonds. The van der Waals surface area contributed by atoms with Gasteiger partial charge in [0.05, 0.1) is 11.5 Å². The summed E-state index contributed by atoms with van der Waals surface area (Å²) in [6, 6.07) is 8.65. The second-order valence-electron chi connectivity index (χ2n) is 4.86. The van der Waals surface area contributed by atoms with E-state index in [4.69, 9.17) is 4.74 Å². The Labute approximate surface area is 129 Å².